The van der Waals surface area contributed by atoms with Crippen molar-refractivity contribution in [3.05, 3.63) is 131 Å². The molecule has 4 aromatic rings. The standard InChI is InChI=1S/C40H42N2O8S/c1-26-35(25-51-19-18-43)49-39(50-37(26)31-12-10-27(23-44)11-13-31)32-16-14-30(15-17-32)33-9-5-8-29(20-33)22-42-36(45)21-34(38(42)46)41-40(47)48-24-28-6-3-2-4-7-28/h2-17,20,26,34-35,37,39,43-44H,18-19,21-25H2,1H3,(H,41,47). The maximum Gasteiger partial charge on any atom is 0.408 e. The minimum Gasteiger partial charge on any atom is -0.445 e. The Bertz CT molecular complexity index is 1790. The van der Waals surface area contributed by atoms with Crippen LogP contribution >= 0.6 is 11.8 Å². The highest BCUT2D eigenvalue weighted by molar-refractivity contribution is 7.99. The number of amides is 3. The topological polar surface area (TPSA) is 135 Å². The van der Waals surface area contributed by atoms with Gasteiger partial charge in [-0.05, 0) is 39.4 Å². The minimum atomic E-state index is -0.976. The van der Waals surface area contributed by atoms with Gasteiger partial charge >= 0.3 is 6.09 Å². The number of alkyl carbamates (subject to hydrolysis) is 1. The van der Waals surface area contributed by atoms with Crippen molar-refractivity contribution in [1.82, 2.24) is 10.2 Å². The Morgan fingerprint density at radius 3 is 2.31 bits per heavy atom. The quantitative estimate of drug-likeness (QED) is 0.114. The van der Waals surface area contributed by atoms with E-state index in [1.165, 1.54) is 4.90 Å². The number of aliphatic hydroxyl groups is 2. The molecule has 266 valence electrons. The zero-order valence-corrected chi connectivity index (χ0v) is 29.2. The third kappa shape index (κ3) is 9.05. The zero-order chi connectivity index (χ0) is 35.7. The van der Waals surface area contributed by atoms with Gasteiger partial charge in [-0.15, -0.1) is 0 Å². The van der Waals surface area contributed by atoms with Gasteiger partial charge in [-0.1, -0.05) is 104 Å². The highest BCUT2D eigenvalue weighted by Crippen LogP contribution is 2.42. The molecule has 2 aliphatic heterocycles. The van der Waals surface area contributed by atoms with Crippen LogP contribution in [0.3, 0.4) is 0 Å². The molecule has 3 N–H and O–H groups in total. The number of hydrogen-bond acceptors (Lipinski definition) is 9. The van der Waals surface area contributed by atoms with Crippen LogP contribution in [0.5, 0.6) is 0 Å². The number of nitrogens with zero attached hydrogens (tertiary/aromatic N) is 1. The predicted octanol–water partition coefficient (Wildman–Crippen LogP) is 5.92. The van der Waals surface area contributed by atoms with Gasteiger partial charge in [0.1, 0.15) is 12.6 Å². The number of thioether (sulfide) groups is 1. The molecule has 5 unspecified atom stereocenters. The summed E-state index contributed by atoms with van der Waals surface area (Å²) in [6.45, 7) is 2.34. The lowest BCUT2D eigenvalue weighted by Crippen LogP contribution is -2.41. The summed E-state index contributed by atoms with van der Waals surface area (Å²) in [6, 6.07) is 31.6. The van der Waals surface area contributed by atoms with Crippen molar-refractivity contribution in [2.75, 3.05) is 18.1 Å². The molecular weight excluding hydrogens is 669 g/mol. The fourth-order valence-corrected chi connectivity index (χ4v) is 7.22. The maximum absolute atomic E-state index is 13.1. The van der Waals surface area contributed by atoms with Gasteiger partial charge in [0.15, 0.2) is 6.29 Å². The Hall–Kier alpha value is -4.52. The van der Waals surface area contributed by atoms with E-state index in [9.17, 15) is 24.6 Å². The lowest BCUT2D eigenvalue weighted by atomic mass is 9.91. The molecule has 4 aromatic carbocycles. The number of carbonyl (C=O) groups excluding carboxylic acids is 3. The first-order valence-electron chi connectivity index (χ1n) is 17.0. The largest absolute Gasteiger partial charge is 0.445 e. The van der Waals surface area contributed by atoms with Crippen molar-refractivity contribution in [3.63, 3.8) is 0 Å². The van der Waals surface area contributed by atoms with Gasteiger partial charge in [0.2, 0.25) is 5.91 Å². The van der Waals surface area contributed by atoms with Crippen molar-refractivity contribution >= 4 is 29.7 Å². The smallest absolute Gasteiger partial charge is 0.408 e. The Kier molecular flexibility index (Phi) is 12.2. The summed E-state index contributed by atoms with van der Waals surface area (Å²) in [5.74, 6) is 0.575. The second-order valence-electron chi connectivity index (χ2n) is 12.7. The molecule has 2 heterocycles. The Balaban J connectivity index is 1.10. The summed E-state index contributed by atoms with van der Waals surface area (Å²) in [7, 11) is 0. The highest BCUT2D eigenvalue weighted by atomic mass is 32.2. The molecule has 3 amide bonds. The van der Waals surface area contributed by atoms with E-state index >= 15 is 0 Å². The third-order valence-corrected chi connectivity index (χ3v) is 10.2. The Morgan fingerprint density at radius 1 is 0.863 bits per heavy atom. The van der Waals surface area contributed by atoms with E-state index in [1.54, 1.807) is 11.8 Å². The number of ether oxygens (including phenoxy) is 3. The van der Waals surface area contributed by atoms with Crippen molar-refractivity contribution in [2.24, 2.45) is 5.92 Å². The normalized spacial score (nSPS) is 21.9. The molecular formula is C40H42N2O8S. The predicted molar refractivity (Wildman–Crippen MR) is 193 cm³/mol. The molecule has 0 bridgehead atoms. The SMILES string of the molecule is CC1C(CSCCO)OC(c2ccc(-c3cccc(CN4C(=O)CC(NC(=O)OCc5ccccc5)C4=O)c3)cc2)OC1c1ccc(CO)cc1. The zero-order valence-electron chi connectivity index (χ0n) is 28.4. The summed E-state index contributed by atoms with van der Waals surface area (Å²) in [5, 5.41) is 21.4. The first-order chi connectivity index (χ1) is 24.8. The van der Waals surface area contributed by atoms with Crippen LogP contribution in [-0.2, 0) is 43.6 Å². The van der Waals surface area contributed by atoms with Crippen LogP contribution in [-0.4, -0.2) is 63.3 Å². The summed E-state index contributed by atoms with van der Waals surface area (Å²) >= 11 is 1.65. The second kappa shape index (κ2) is 17.1. The first kappa shape index (κ1) is 36.3. The molecule has 0 aliphatic carbocycles. The van der Waals surface area contributed by atoms with Crippen molar-refractivity contribution in [1.29, 1.82) is 0 Å². The fraction of sp³-hybridized carbons (Fsp3) is 0.325. The molecule has 0 aromatic heterocycles. The maximum atomic E-state index is 13.1. The molecule has 5 atom stereocenters. The molecule has 0 spiro atoms. The minimum absolute atomic E-state index is 0.0247. The molecule has 10 nitrogen and oxygen atoms in total. The van der Waals surface area contributed by atoms with Crippen molar-refractivity contribution in [2.45, 2.75) is 57.6 Å². The highest BCUT2D eigenvalue weighted by Gasteiger charge is 2.40. The number of benzene rings is 4. The monoisotopic (exact) mass is 710 g/mol. The van der Waals surface area contributed by atoms with E-state index in [1.807, 2.05) is 103 Å². The number of aliphatic hydroxyl groups excluding tert-OH is 2. The van der Waals surface area contributed by atoms with E-state index < -0.39 is 24.3 Å². The van der Waals surface area contributed by atoms with Crippen molar-refractivity contribution in [3.8, 4) is 11.1 Å². The van der Waals surface area contributed by atoms with Gasteiger partial charge in [-0.3, -0.25) is 14.5 Å². The Morgan fingerprint density at radius 2 is 1.59 bits per heavy atom. The van der Waals surface area contributed by atoms with Gasteiger partial charge in [-0.2, -0.15) is 11.8 Å². The van der Waals surface area contributed by atoms with Crippen LogP contribution in [0.15, 0.2) is 103 Å². The summed E-state index contributed by atoms with van der Waals surface area (Å²) < 4.78 is 18.3. The van der Waals surface area contributed by atoms with Gasteiger partial charge < -0.3 is 29.7 Å². The Labute approximate surface area is 301 Å². The fourth-order valence-electron chi connectivity index (χ4n) is 6.31. The van der Waals surface area contributed by atoms with Crippen LogP contribution in [0, 0.1) is 5.92 Å². The molecule has 51 heavy (non-hydrogen) atoms. The number of carbonyl (C=O) groups is 3. The van der Waals surface area contributed by atoms with Crippen LogP contribution < -0.4 is 5.32 Å². The summed E-state index contributed by atoms with van der Waals surface area (Å²) in [5.41, 5.74) is 6.16. The van der Waals surface area contributed by atoms with Crippen LogP contribution in [0.2, 0.25) is 0 Å². The van der Waals surface area contributed by atoms with Crippen LogP contribution in [0.4, 0.5) is 4.79 Å². The molecule has 2 fully saturated rings. The van der Waals surface area contributed by atoms with E-state index in [0.29, 0.717) is 5.75 Å². The van der Waals surface area contributed by atoms with E-state index in [2.05, 4.69) is 12.2 Å². The summed E-state index contributed by atoms with van der Waals surface area (Å²) in [6.07, 6.45) is -1.81. The number of hydrogen-bond donors (Lipinski definition) is 3. The van der Waals surface area contributed by atoms with Crippen molar-refractivity contribution < 1.29 is 38.8 Å². The molecule has 6 rings (SSSR count). The van der Waals surface area contributed by atoms with Gasteiger partial charge in [-0.25, -0.2) is 4.79 Å². The summed E-state index contributed by atoms with van der Waals surface area (Å²) in [4.78, 5) is 39.5. The van der Waals surface area contributed by atoms with Crippen LogP contribution in [0.1, 0.15) is 53.6 Å². The van der Waals surface area contributed by atoms with Gasteiger partial charge in [0.05, 0.1) is 38.4 Å². The average molecular weight is 711 g/mol. The lowest BCUT2D eigenvalue weighted by molar-refractivity contribution is -0.268. The molecule has 0 saturated carbocycles. The first-order valence-corrected chi connectivity index (χ1v) is 18.2. The van der Waals surface area contributed by atoms with Gasteiger partial charge in [0, 0.05) is 23.0 Å². The lowest BCUT2D eigenvalue weighted by Gasteiger charge is -2.41. The third-order valence-electron chi connectivity index (χ3n) is 9.17. The molecule has 11 heteroatoms. The number of likely N-dealkylation sites (tertiary alicyclic amines) is 1. The van der Waals surface area contributed by atoms with Crippen LogP contribution in [0.25, 0.3) is 11.1 Å². The van der Waals surface area contributed by atoms with Gasteiger partial charge in [0.25, 0.3) is 5.91 Å². The van der Waals surface area contributed by atoms with E-state index in [-0.39, 0.29) is 56.8 Å². The van der Waals surface area contributed by atoms with E-state index in [4.69, 9.17) is 14.2 Å². The molecule has 2 saturated heterocycles. The number of rotatable bonds is 13. The number of imide groups is 1. The molecule has 0 radical (unpaired) electrons. The average Bonchev–Trinajstić information content (AvgIpc) is 3.42. The van der Waals surface area contributed by atoms with E-state index in [0.717, 1.165) is 44.7 Å². The second-order valence-corrected chi connectivity index (χ2v) is 13.9. The molecule has 2 aliphatic rings. The number of nitrogens with one attached hydrogen (secondary N) is 1.